The first-order chi connectivity index (χ1) is 8.29. The molecule has 0 radical (unpaired) electrons. The highest BCUT2D eigenvalue weighted by Crippen LogP contribution is 2.10. The molecular weight excluding hydrogens is 236 g/mol. The SMILES string of the molecule is CCO[Si](OC)(OCCCO)c1ccccc1. The van der Waals surface area contributed by atoms with Crippen LogP contribution in [0.15, 0.2) is 30.3 Å². The third-order valence-corrected chi connectivity index (χ3v) is 5.16. The van der Waals surface area contributed by atoms with Gasteiger partial charge in [0, 0.05) is 32.1 Å². The molecule has 0 aromatic heterocycles. The third kappa shape index (κ3) is 3.90. The van der Waals surface area contributed by atoms with Gasteiger partial charge in [-0.15, -0.1) is 0 Å². The van der Waals surface area contributed by atoms with E-state index in [9.17, 15) is 0 Å². The Morgan fingerprint density at radius 3 is 2.41 bits per heavy atom. The Kier molecular flexibility index (Phi) is 6.39. The van der Waals surface area contributed by atoms with Crippen LogP contribution in [0.4, 0.5) is 0 Å². The number of aliphatic hydroxyl groups is 1. The van der Waals surface area contributed by atoms with Crippen LogP contribution in [0.2, 0.25) is 0 Å². The first-order valence-electron chi connectivity index (χ1n) is 5.78. The van der Waals surface area contributed by atoms with E-state index >= 15 is 0 Å². The Balaban J connectivity index is 2.83. The summed E-state index contributed by atoms with van der Waals surface area (Å²) in [6.07, 6.45) is 0.581. The molecule has 0 saturated carbocycles. The van der Waals surface area contributed by atoms with E-state index in [1.54, 1.807) is 7.11 Å². The second kappa shape index (κ2) is 7.57. The maximum Gasteiger partial charge on any atom is 0.536 e. The van der Waals surface area contributed by atoms with E-state index in [0.717, 1.165) is 5.19 Å². The van der Waals surface area contributed by atoms with E-state index in [-0.39, 0.29) is 6.61 Å². The zero-order valence-electron chi connectivity index (χ0n) is 10.4. The van der Waals surface area contributed by atoms with E-state index in [1.807, 2.05) is 37.3 Å². The molecule has 1 aromatic rings. The Labute approximate surface area is 104 Å². The van der Waals surface area contributed by atoms with Gasteiger partial charge in [-0.3, -0.25) is 0 Å². The highest BCUT2D eigenvalue weighted by molar-refractivity contribution is 6.75. The van der Waals surface area contributed by atoms with Crippen molar-refractivity contribution in [3.05, 3.63) is 30.3 Å². The fourth-order valence-electron chi connectivity index (χ4n) is 1.55. The predicted octanol–water partition coefficient (Wildman–Crippen LogP) is 0.914. The minimum Gasteiger partial charge on any atom is -0.396 e. The molecule has 0 aliphatic rings. The van der Waals surface area contributed by atoms with Crippen molar-refractivity contribution >= 4 is 14.0 Å². The fraction of sp³-hybridized carbons (Fsp3) is 0.500. The normalized spacial score (nSPS) is 14.5. The molecule has 0 bridgehead atoms. The number of benzene rings is 1. The summed E-state index contributed by atoms with van der Waals surface area (Å²) in [6, 6.07) is 9.71. The Morgan fingerprint density at radius 1 is 1.18 bits per heavy atom. The molecule has 5 heteroatoms. The molecule has 17 heavy (non-hydrogen) atoms. The lowest BCUT2D eigenvalue weighted by Gasteiger charge is -2.27. The molecule has 1 atom stereocenters. The number of hydrogen-bond donors (Lipinski definition) is 1. The molecule has 0 aliphatic heterocycles. The van der Waals surface area contributed by atoms with Gasteiger partial charge in [0.05, 0.1) is 0 Å². The van der Waals surface area contributed by atoms with Gasteiger partial charge in [0.15, 0.2) is 0 Å². The largest absolute Gasteiger partial charge is 0.536 e. The quantitative estimate of drug-likeness (QED) is 0.555. The van der Waals surface area contributed by atoms with Crippen LogP contribution in [0.25, 0.3) is 0 Å². The Bertz CT molecular complexity index is 307. The highest BCUT2D eigenvalue weighted by Gasteiger charge is 2.42. The van der Waals surface area contributed by atoms with Gasteiger partial charge in [0.1, 0.15) is 0 Å². The standard InChI is InChI=1S/C12H20O4Si/c1-3-15-17(14-2,16-11-7-10-13)12-8-5-4-6-9-12/h4-6,8-9,13H,3,7,10-11H2,1-2H3. The average molecular weight is 256 g/mol. The van der Waals surface area contributed by atoms with E-state index in [2.05, 4.69) is 0 Å². The molecule has 0 amide bonds. The van der Waals surface area contributed by atoms with Crippen molar-refractivity contribution in [1.82, 2.24) is 0 Å². The molecular formula is C12H20O4Si. The summed E-state index contributed by atoms with van der Waals surface area (Å²) < 4.78 is 17.0. The van der Waals surface area contributed by atoms with Gasteiger partial charge in [0.25, 0.3) is 0 Å². The number of hydrogen-bond acceptors (Lipinski definition) is 4. The Morgan fingerprint density at radius 2 is 1.88 bits per heavy atom. The molecule has 0 saturated heterocycles. The minimum absolute atomic E-state index is 0.106. The van der Waals surface area contributed by atoms with Crippen molar-refractivity contribution in [2.45, 2.75) is 13.3 Å². The molecule has 1 aromatic carbocycles. The lowest BCUT2D eigenvalue weighted by atomic mass is 10.4. The minimum atomic E-state index is -2.79. The van der Waals surface area contributed by atoms with Crippen molar-refractivity contribution in [3.63, 3.8) is 0 Å². The van der Waals surface area contributed by atoms with E-state index in [1.165, 1.54) is 0 Å². The second-order valence-corrected chi connectivity index (χ2v) is 6.16. The molecule has 96 valence electrons. The second-order valence-electron chi connectivity index (χ2n) is 3.48. The topological polar surface area (TPSA) is 47.9 Å². The van der Waals surface area contributed by atoms with Crippen molar-refractivity contribution < 1.29 is 18.4 Å². The lowest BCUT2D eigenvalue weighted by Crippen LogP contribution is -2.56. The summed E-state index contributed by atoms with van der Waals surface area (Å²) in [4.78, 5) is 0. The van der Waals surface area contributed by atoms with E-state index in [0.29, 0.717) is 19.6 Å². The molecule has 0 heterocycles. The van der Waals surface area contributed by atoms with E-state index in [4.69, 9.17) is 18.4 Å². The molecule has 0 aliphatic carbocycles. The van der Waals surface area contributed by atoms with Crippen LogP contribution in [0, 0.1) is 0 Å². The van der Waals surface area contributed by atoms with Gasteiger partial charge < -0.3 is 18.4 Å². The van der Waals surface area contributed by atoms with Crippen LogP contribution >= 0.6 is 0 Å². The van der Waals surface area contributed by atoms with Gasteiger partial charge in [0.2, 0.25) is 0 Å². The first-order valence-corrected chi connectivity index (χ1v) is 7.51. The molecule has 1 N–H and O–H groups in total. The zero-order valence-corrected chi connectivity index (χ0v) is 11.4. The average Bonchev–Trinajstić information content (AvgIpc) is 2.39. The molecule has 1 rings (SSSR count). The predicted molar refractivity (Wildman–Crippen MR) is 68.1 cm³/mol. The maximum absolute atomic E-state index is 8.79. The monoisotopic (exact) mass is 256 g/mol. The smallest absolute Gasteiger partial charge is 0.396 e. The van der Waals surface area contributed by atoms with Crippen LogP contribution < -0.4 is 5.19 Å². The van der Waals surface area contributed by atoms with Crippen LogP contribution in [-0.4, -0.2) is 40.8 Å². The van der Waals surface area contributed by atoms with Crippen molar-refractivity contribution in [1.29, 1.82) is 0 Å². The van der Waals surface area contributed by atoms with Gasteiger partial charge in [-0.25, -0.2) is 0 Å². The van der Waals surface area contributed by atoms with Gasteiger partial charge in [-0.2, -0.15) is 0 Å². The van der Waals surface area contributed by atoms with Gasteiger partial charge in [-0.1, -0.05) is 30.3 Å². The summed E-state index contributed by atoms with van der Waals surface area (Å²) in [5, 5.41) is 9.74. The Hall–Kier alpha value is -0.723. The van der Waals surface area contributed by atoms with Crippen LogP contribution in [0.3, 0.4) is 0 Å². The maximum atomic E-state index is 8.79. The van der Waals surface area contributed by atoms with Crippen LogP contribution in [0.1, 0.15) is 13.3 Å². The summed E-state index contributed by atoms with van der Waals surface area (Å²) in [7, 11) is -1.19. The molecule has 0 spiro atoms. The van der Waals surface area contributed by atoms with Crippen molar-refractivity contribution in [3.8, 4) is 0 Å². The lowest BCUT2D eigenvalue weighted by molar-refractivity contribution is 0.0900. The van der Waals surface area contributed by atoms with E-state index < -0.39 is 8.80 Å². The van der Waals surface area contributed by atoms with Gasteiger partial charge in [-0.05, 0) is 13.3 Å². The molecule has 0 fully saturated rings. The van der Waals surface area contributed by atoms with Crippen LogP contribution in [0.5, 0.6) is 0 Å². The number of rotatable bonds is 8. The van der Waals surface area contributed by atoms with Crippen molar-refractivity contribution in [2.75, 3.05) is 26.9 Å². The fourth-order valence-corrected chi connectivity index (χ4v) is 3.83. The third-order valence-electron chi connectivity index (χ3n) is 2.32. The highest BCUT2D eigenvalue weighted by atomic mass is 28.4. The number of aliphatic hydroxyl groups excluding tert-OH is 1. The molecule has 4 nitrogen and oxygen atoms in total. The first kappa shape index (κ1) is 14.3. The summed E-state index contributed by atoms with van der Waals surface area (Å²) in [5.74, 6) is 0. The summed E-state index contributed by atoms with van der Waals surface area (Å²) in [5.41, 5.74) is 0. The van der Waals surface area contributed by atoms with Gasteiger partial charge >= 0.3 is 8.80 Å². The summed E-state index contributed by atoms with van der Waals surface area (Å²) in [6.45, 7) is 2.99. The molecule has 1 unspecified atom stereocenters. The van der Waals surface area contributed by atoms with Crippen LogP contribution in [-0.2, 0) is 13.3 Å². The summed E-state index contributed by atoms with van der Waals surface area (Å²) >= 11 is 0. The van der Waals surface area contributed by atoms with Crippen molar-refractivity contribution in [2.24, 2.45) is 0 Å². The zero-order chi connectivity index (χ0) is 12.6.